The molecule has 1 heterocycles. The Morgan fingerprint density at radius 1 is 1.42 bits per heavy atom. The van der Waals surface area contributed by atoms with Crippen LogP contribution in [0.15, 0.2) is 0 Å². The van der Waals surface area contributed by atoms with Gasteiger partial charge >= 0.3 is 0 Å². The van der Waals surface area contributed by atoms with Gasteiger partial charge in [0.25, 0.3) is 0 Å². The van der Waals surface area contributed by atoms with Crippen molar-refractivity contribution >= 4 is 15.7 Å². The zero-order chi connectivity index (χ0) is 14.3. The molecular weight excluding hydrogens is 272 g/mol. The van der Waals surface area contributed by atoms with Crippen molar-refractivity contribution in [2.75, 3.05) is 51.4 Å². The molecular formula is C11H22N2O5S. The summed E-state index contributed by atoms with van der Waals surface area (Å²) in [6.45, 7) is 4.22. The number of nitrogens with zero attached hydrogens (tertiary/aromatic N) is 1. The van der Waals surface area contributed by atoms with E-state index in [1.54, 1.807) is 0 Å². The molecule has 0 aromatic carbocycles. The number of rotatable bonds is 7. The molecule has 1 aliphatic rings. The van der Waals surface area contributed by atoms with Gasteiger partial charge in [0.15, 0.2) is 0 Å². The molecule has 1 aliphatic heterocycles. The second kappa shape index (κ2) is 7.78. The van der Waals surface area contributed by atoms with Gasteiger partial charge in [-0.15, -0.1) is 0 Å². The molecule has 112 valence electrons. The average molecular weight is 294 g/mol. The van der Waals surface area contributed by atoms with E-state index in [2.05, 4.69) is 10.2 Å². The lowest BCUT2D eigenvalue weighted by atomic mass is 10.2. The Morgan fingerprint density at radius 2 is 2.05 bits per heavy atom. The highest BCUT2D eigenvalue weighted by Crippen LogP contribution is 1.97. The number of amides is 1. The Kier molecular flexibility index (Phi) is 6.70. The monoisotopic (exact) mass is 294 g/mol. The van der Waals surface area contributed by atoms with E-state index in [0.29, 0.717) is 26.3 Å². The van der Waals surface area contributed by atoms with E-state index < -0.39 is 21.8 Å². The Labute approximate surface area is 113 Å². The first-order chi connectivity index (χ1) is 8.88. The fraction of sp³-hybridized carbons (Fsp3) is 0.909. The molecule has 1 unspecified atom stereocenters. The van der Waals surface area contributed by atoms with Crippen molar-refractivity contribution in [2.45, 2.75) is 12.5 Å². The van der Waals surface area contributed by atoms with Crippen molar-refractivity contribution in [1.29, 1.82) is 0 Å². The van der Waals surface area contributed by atoms with Gasteiger partial charge in [-0.05, 0) is 6.42 Å². The second-order valence-electron chi connectivity index (χ2n) is 4.68. The van der Waals surface area contributed by atoms with Crippen molar-refractivity contribution in [1.82, 2.24) is 10.2 Å². The molecule has 0 radical (unpaired) electrons. The number of aliphatic hydroxyl groups is 1. The van der Waals surface area contributed by atoms with E-state index in [-0.39, 0.29) is 12.2 Å². The lowest BCUT2D eigenvalue weighted by Crippen LogP contribution is -2.43. The smallest absolute Gasteiger partial charge is 0.248 e. The quantitative estimate of drug-likeness (QED) is 0.577. The molecule has 19 heavy (non-hydrogen) atoms. The minimum absolute atomic E-state index is 0.0672. The first-order valence-corrected chi connectivity index (χ1v) is 8.38. The summed E-state index contributed by atoms with van der Waals surface area (Å²) < 4.78 is 27.0. The molecule has 8 heteroatoms. The number of morpholine rings is 1. The van der Waals surface area contributed by atoms with Gasteiger partial charge in [0.05, 0.1) is 19.0 Å². The topological polar surface area (TPSA) is 95.9 Å². The van der Waals surface area contributed by atoms with Crippen LogP contribution in [0.2, 0.25) is 0 Å². The van der Waals surface area contributed by atoms with Crippen LogP contribution in [0.1, 0.15) is 6.42 Å². The number of hydrogen-bond donors (Lipinski definition) is 2. The molecule has 7 nitrogen and oxygen atoms in total. The fourth-order valence-corrected chi connectivity index (χ4v) is 2.39. The largest absolute Gasteiger partial charge is 0.383 e. The first kappa shape index (κ1) is 16.4. The summed E-state index contributed by atoms with van der Waals surface area (Å²) in [7, 11) is -3.15. The van der Waals surface area contributed by atoms with E-state index in [1.807, 2.05) is 0 Å². The van der Waals surface area contributed by atoms with Crippen LogP contribution < -0.4 is 5.32 Å². The third-order valence-corrected chi connectivity index (χ3v) is 3.87. The standard InChI is InChI=1S/C11H22N2O5S/c1-19(16,17)9-2-10(14)11(15)12-3-4-13-5-7-18-8-6-13/h10,14H,2-9H2,1H3,(H,12,15). The van der Waals surface area contributed by atoms with Crippen molar-refractivity contribution < 1.29 is 23.1 Å². The van der Waals surface area contributed by atoms with Crippen molar-refractivity contribution in [3.63, 3.8) is 0 Å². The molecule has 2 N–H and O–H groups in total. The van der Waals surface area contributed by atoms with Gasteiger partial charge in [-0.1, -0.05) is 0 Å². The van der Waals surface area contributed by atoms with E-state index in [4.69, 9.17) is 4.74 Å². The summed E-state index contributed by atoms with van der Waals surface area (Å²) in [4.78, 5) is 13.7. The molecule has 1 atom stereocenters. The number of sulfone groups is 1. The Hall–Kier alpha value is -0.700. The van der Waals surface area contributed by atoms with Crippen molar-refractivity contribution in [2.24, 2.45) is 0 Å². The van der Waals surface area contributed by atoms with Gasteiger partial charge in [-0.25, -0.2) is 8.42 Å². The van der Waals surface area contributed by atoms with Crippen LogP contribution in [-0.4, -0.2) is 81.8 Å². The summed E-state index contributed by atoms with van der Waals surface area (Å²) in [5.41, 5.74) is 0. The molecule has 0 saturated carbocycles. The average Bonchev–Trinajstić information content (AvgIpc) is 2.36. The molecule has 1 amide bonds. The van der Waals surface area contributed by atoms with Crippen LogP contribution in [0.3, 0.4) is 0 Å². The molecule has 0 bridgehead atoms. The normalized spacial score (nSPS) is 19.1. The molecule has 1 saturated heterocycles. The highest BCUT2D eigenvalue weighted by Gasteiger charge is 2.17. The first-order valence-electron chi connectivity index (χ1n) is 6.32. The van der Waals surface area contributed by atoms with Gasteiger partial charge in [-0.3, -0.25) is 9.69 Å². The maximum absolute atomic E-state index is 11.5. The Bertz CT molecular complexity index is 379. The third kappa shape index (κ3) is 7.46. The van der Waals surface area contributed by atoms with Crippen LogP contribution in [0.4, 0.5) is 0 Å². The number of nitrogens with one attached hydrogen (secondary N) is 1. The van der Waals surface area contributed by atoms with Crippen LogP contribution >= 0.6 is 0 Å². The molecule has 0 spiro atoms. The van der Waals surface area contributed by atoms with Crippen LogP contribution in [0, 0.1) is 0 Å². The third-order valence-electron chi connectivity index (χ3n) is 2.90. The SMILES string of the molecule is CS(=O)(=O)CCC(O)C(=O)NCCN1CCOCC1. The molecule has 1 fully saturated rings. The van der Waals surface area contributed by atoms with Crippen LogP contribution in [0.25, 0.3) is 0 Å². The maximum atomic E-state index is 11.5. The molecule has 0 aliphatic carbocycles. The zero-order valence-corrected chi connectivity index (χ0v) is 12.0. The number of aliphatic hydroxyl groups excluding tert-OH is 1. The van der Waals surface area contributed by atoms with Crippen LogP contribution in [0.5, 0.6) is 0 Å². The predicted molar refractivity (Wildman–Crippen MR) is 70.6 cm³/mol. The highest BCUT2D eigenvalue weighted by molar-refractivity contribution is 7.90. The number of hydrogen-bond acceptors (Lipinski definition) is 6. The second-order valence-corrected chi connectivity index (χ2v) is 6.94. The van der Waals surface area contributed by atoms with Gasteiger partial charge < -0.3 is 15.2 Å². The predicted octanol–water partition coefficient (Wildman–Crippen LogP) is -1.77. The zero-order valence-electron chi connectivity index (χ0n) is 11.2. The van der Waals surface area contributed by atoms with E-state index in [9.17, 15) is 18.3 Å². The minimum Gasteiger partial charge on any atom is -0.383 e. The van der Waals surface area contributed by atoms with Crippen molar-refractivity contribution in [3.05, 3.63) is 0 Å². The maximum Gasteiger partial charge on any atom is 0.248 e. The summed E-state index contributed by atoms with van der Waals surface area (Å²) in [5.74, 6) is -0.706. The summed E-state index contributed by atoms with van der Waals surface area (Å²) >= 11 is 0. The lowest BCUT2D eigenvalue weighted by molar-refractivity contribution is -0.129. The number of carbonyl (C=O) groups is 1. The summed E-state index contributed by atoms with van der Waals surface area (Å²) in [6, 6.07) is 0. The Morgan fingerprint density at radius 3 is 2.63 bits per heavy atom. The fourth-order valence-electron chi connectivity index (χ4n) is 1.74. The van der Waals surface area contributed by atoms with Gasteiger partial charge in [0.1, 0.15) is 15.9 Å². The summed E-state index contributed by atoms with van der Waals surface area (Å²) in [6.07, 6.45) is -0.252. The van der Waals surface area contributed by atoms with E-state index in [1.165, 1.54) is 0 Å². The van der Waals surface area contributed by atoms with E-state index >= 15 is 0 Å². The minimum atomic E-state index is -3.15. The van der Waals surface area contributed by atoms with Crippen molar-refractivity contribution in [3.8, 4) is 0 Å². The lowest BCUT2D eigenvalue weighted by Gasteiger charge is -2.26. The molecule has 0 aromatic rings. The van der Waals surface area contributed by atoms with Gasteiger partial charge in [-0.2, -0.15) is 0 Å². The summed E-state index contributed by atoms with van der Waals surface area (Å²) in [5, 5.41) is 12.1. The van der Waals surface area contributed by atoms with Gasteiger partial charge in [0, 0.05) is 32.4 Å². The molecule has 0 aromatic heterocycles. The van der Waals surface area contributed by atoms with E-state index in [0.717, 1.165) is 19.3 Å². The molecule has 1 rings (SSSR count). The van der Waals surface area contributed by atoms with Gasteiger partial charge in [0.2, 0.25) is 5.91 Å². The highest BCUT2D eigenvalue weighted by atomic mass is 32.2. The Balaban J connectivity index is 2.15. The number of ether oxygens (including phenoxy) is 1. The van der Waals surface area contributed by atoms with Crippen LogP contribution in [-0.2, 0) is 19.4 Å². The number of carbonyl (C=O) groups excluding carboxylic acids is 1.